The summed E-state index contributed by atoms with van der Waals surface area (Å²) < 4.78 is 31.0. The Morgan fingerprint density at radius 2 is 1.68 bits per heavy atom. The Bertz CT molecular complexity index is 1550. The lowest BCUT2D eigenvalue weighted by Gasteiger charge is -2.24. The largest absolute Gasteiger partial charge is 0.318 e. The van der Waals surface area contributed by atoms with Gasteiger partial charge in [0.1, 0.15) is 6.54 Å². The number of carbonyl (C=O) groups excluding carboxylic acids is 1. The molecule has 1 heterocycles. The zero-order valence-corrected chi connectivity index (χ0v) is 23.1. The fourth-order valence-corrected chi connectivity index (χ4v) is 5.76. The molecule has 190 valence electrons. The summed E-state index contributed by atoms with van der Waals surface area (Å²) in [7, 11) is -3.97. The van der Waals surface area contributed by atoms with E-state index in [9.17, 15) is 13.2 Å². The quantitative estimate of drug-likeness (QED) is 0.221. The Morgan fingerprint density at radius 3 is 2.35 bits per heavy atom. The number of aromatic nitrogens is 1. The number of sulfonamides is 1. The van der Waals surface area contributed by atoms with Crippen LogP contribution in [0.1, 0.15) is 22.5 Å². The van der Waals surface area contributed by atoms with Gasteiger partial charge in [-0.2, -0.15) is 5.10 Å². The van der Waals surface area contributed by atoms with Crippen LogP contribution in [-0.4, -0.2) is 31.7 Å². The number of nitrogens with zero attached hydrogens (tertiary/aromatic N) is 3. The average molecular weight is 580 g/mol. The second-order valence-corrected chi connectivity index (χ2v) is 11.4. The normalized spacial score (nSPS) is 11.6. The van der Waals surface area contributed by atoms with Crippen LogP contribution >= 0.6 is 15.9 Å². The second-order valence-electron chi connectivity index (χ2n) is 8.60. The van der Waals surface area contributed by atoms with Crippen LogP contribution in [0.4, 0.5) is 5.69 Å². The first-order chi connectivity index (χ1) is 17.7. The highest BCUT2D eigenvalue weighted by molar-refractivity contribution is 9.10. The average Bonchev–Trinajstić information content (AvgIpc) is 3.16. The van der Waals surface area contributed by atoms with Crippen LogP contribution in [-0.2, 0) is 14.8 Å². The Morgan fingerprint density at radius 1 is 0.973 bits per heavy atom. The van der Waals surface area contributed by atoms with Gasteiger partial charge in [0.25, 0.3) is 15.9 Å². The molecule has 7 nitrogen and oxygen atoms in total. The van der Waals surface area contributed by atoms with Crippen molar-refractivity contribution in [2.24, 2.45) is 5.10 Å². The third kappa shape index (κ3) is 6.00. The lowest BCUT2D eigenvalue weighted by atomic mass is 10.2. The lowest BCUT2D eigenvalue weighted by molar-refractivity contribution is -0.119. The minimum atomic E-state index is -3.97. The van der Waals surface area contributed by atoms with Crippen molar-refractivity contribution >= 4 is 43.8 Å². The zero-order valence-electron chi connectivity index (χ0n) is 20.7. The maximum absolute atomic E-state index is 13.4. The second kappa shape index (κ2) is 11.1. The summed E-state index contributed by atoms with van der Waals surface area (Å²) in [5, 5.41) is 4.12. The maximum Gasteiger partial charge on any atom is 0.264 e. The molecule has 0 aliphatic heterocycles. The van der Waals surface area contributed by atoms with Crippen molar-refractivity contribution in [3.05, 3.63) is 112 Å². The molecule has 0 saturated heterocycles. The highest BCUT2D eigenvalue weighted by Gasteiger charge is 2.27. The fourth-order valence-electron chi connectivity index (χ4n) is 4.06. The van der Waals surface area contributed by atoms with E-state index in [-0.39, 0.29) is 4.90 Å². The monoisotopic (exact) mass is 578 g/mol. The number of anilines is 1. The molecule has 1 aromatic heterocycles. The third-order valence-corrected chi connectivity index (χ3v) is 8.17. The number of halogens is 1. The maximum atomic E-state index is 13.4. The minimum Gasteiger partial charge on any atom is -0.318 e. The molecule has 37 heavy (non-hydrogen) atoms. The summed E-state index contributed by atoms with van der Waals surface area (Å²) in [6.07, 6.45) is 1.57. The van der Waals surface area contributed by atoms with E-state index in [4.69, 9.17) is 0 Å². The number of hydrogen-bond acceptors (Lipinski definition) is 4. The molecule has 3 aromatic carbocycles. The van der Waals surface area contributed by atoms with Crippen molar-refractivity contribution < 1.29 is 13.2 Å². The smallest absolute Gasteiger partial charge is 0.264 e. The highest BCUT2D eigenvalue weighted by atomic mass is 79.9. The van der Waals surface area contributed by atoms with Gasteiger partial charge in [-0.25, -0.2) is 13.8 Å². The SMILES string of the molecule is Cc1cccc(N(CC(=O)N/N=C\c2cc(C)n(-c3ccc(Br)cc3)c2C)S(=O)(=O)c2ccccc2)c1. The molecule has 4 rings (SSSR count). The van der Waals surface area contributed by atoms with Gasteiger partial charge in [-0.3, -0.25) is 9.10 Å². The molecule has 0 saturated carbocycles. The first-order valence-electron chi connectivity index (χ1n) is 11.6. The van der Waals surface area contributed by atoms with Crippen LogP contribution in [0.25, 0.3) is 5.69 Å². The van der Waals surface area contributed by atoms with Gasteiger partial charge in [-0.15, -0.1) is 0 Å². The summed E-state index contributed by atoms with van der Waals surface area (Å²) in [6, 6.07) is 25.0. The van der Waals surface area contributed by atoms with Crippen molar-refractivity contribution in [3.63, 3.8) is 0 Å². The molecule has 0 spiro atoms. The van der Waals surface area contributed by atoms with Crippen LogP contribution in [0, 0.1) is 20.8 Å². The molecule has 0 atom stereocenters. The lowest BCUT2D eigenvalue weighted by Crippen LogP contribution is -2.39. The molecule has 4 aromatic rings. The van der Waals surface area contributed by atoms with Gasteiger partial charge in [-0.05, 0) is 80.9 Å². The predicted octanol–water partition coefficient (Wildman–Crippen LogP) is 5.51. The summed E-state index contributed by atoms with van der Waals surface area (Å²) >= 11 is 3.46. The topological polar surface area (TPSA) is 83.8 Å². The minimum absolute atomic E-state index is 0.105. The van der Waals surface area contributed by atoms with Crippen molar-refractivity contribution in [1.29, 1.82) is 0 Å². The summed E-state index contributed by atoms with van der Waals surface area (Å²) in [6.45, 7) is 5.42. The highest BCUT2D eigenvalue weighted by Crippen LogP contribution is 2.24. The van der Waals surface area contributed by atoms with Crippen LogP contribution in [0.5, 0.6) is 0 Å². The van der Waals surface area contributed by atoms with Crippen LogP contribution in [0.15, 0.2) is 99.4 Å². The molecule has 0 aliphatic rings. The van der Waals surface area contributed by atoms with Crippen molar-refractivity contribution in [3.8, 4) is 5.69 Å². The van der Waals surface area contributed by atoms with E-state index < -0.39 is 22.5 Å². The van der Waals surface area contributed by atoms with E-state index in [2.05, 4.69) is 31.0 Å². The number of aryl methyl sites for hydroxylation is 2. The third-order valence-electron chi connectivity index (χ3n) is 5.86. The van der Waals surface area contributed by atoms with Gasteiger partial charge in [0.05, 0.1) is 16.8 Å². The van der Waals surface area contributed by atoms with Crippen LogP contribution in [0.2, 0.25) is 0 Å². The summed E-state index contributed by atoms with van der Waals surface area (Å²) in [4.78, 5) is 13.0. The Balaban J connectivity index is 1.54. The number of nitrogens with one attached hydrogen (secondary N) is 1. The first-order valence-corrected chi connectivity index (χ1v) is 13.8. The molecule has 1 N–H and O–H groups in total. The predicted molar refractivity (Wildman–Crippen MR) is 151 cm³/mol. The Hall–Kier alpha value is -3.69. The van der Waals surface area contributed by atoms with Gasteiger partial charge in [-0.1, -0.05) is 46.3 Å². The van der Waals surface area contributed by atoms with Gasteiger partial charge in [0, 0.05) is 27.1 Å². The van der Waals surface area contributed by atoms with Crippen LogP contribution in [0.3, 0.4) is 0 Å². The summed E-state index contributed by atoms with van der Waals surface area (Å²) in [5.74, 6) is -0.557. The zero-order chi connectivity index (χ0) is 26.6. The van der Waals surface area contributed by atoms with Gasteiger partial charge in [0.15, 0.2) is 0 Å². The molecule has 0 aliphatic carbocycles. The molecule has 0 bridgehead atoms. The molecular formula is C28H27BrN4O3S. The van der Waals surface area contributed by atoms with Gasteiger partial charge >= 0.3 is 0 Å². The molecule has 0 radical (unpaired) electrons. The number of carbonyl (C=O) groups is 1. The number of hydrazone groups is 1. The first kappa shape index (κ1) is 26.4. The Labute approximate surface area is 225 Å². The summed E-state index contributed by atoms with van der Waals surface area (Å²) in [5.41, 5.74) is 7.61. The molecule has 0 unspecified atom stereocenters. The standard InChI is InChI=1S/C28H27BrN4O3S/c1-20-8-7-9-26(16-20)32(37(35,36)27-10-5-4-6-11-27)19-28(34)31-30-18-23-17-21(2)33(22(23)3)25-14-12-24(29)13-15-25/h4-18H,19H2,1-3H3,(H,31,34)/b30-18-. The number of rotatable bonds is 8. The fraction of sp³-hybridized carbons (Fsp3) is 0.143. The number of hydrogen-bond donors (Lipinski definition) is 1. The van der Waals surface area contributed by atoms with Gasteiger partial charge in [0.2, 0.25) is 0 Å². The molecule has 1 amide bonds. The van der Waals surface area contributed by atoms with Crippen molar-refractivity contribution in [2.45, 2.75) is 25.7 Å². The van der Waals surface area contributed by atoms with E-state index in [0.29, 0.717) is 5.69 Å². The molecular weight excluding hydrogens is 552 g/mol. The van der Waals surface area contributed by atoms with E-state index in [0.717, 1.165) is 37.0 Å². The van der Waals surface area contributed by atoms with Crippen molar-refractivity contribution in [1.82, 2.24) is 9.99 Å². The van der Waals surface area contributed by atoms with E-state index in [1.165, 1.54) is 12.1 Å². The van der Waals surface area contributed by atoms with Crippen LogP contribution < -0.4 is 9.73 Å². The van der Waals surface area contributed by atoms with Gasteiger partial charge < -0.3 is 4.57 Å². The number of amides is 1. The van der Waals surface area contributed by atoms with E-state index >= 15 is 0 Å². The Kier molecular flexibility index (Phi) is 7.94. The van der Waals surface area contributed by atoms with E-state index in [1.54, 1.807) is 42.6 Å². The van der Waals surface area contributed by atoms with Crippen molar-refractivity contribution in [2.75, 3.05) is 10.8 Å². The van der Waals surface area contributed by atoms with E-state index in [1.807, 2.05) is 57.2 Å². The molecule has 9 heteroatoms. The number of benzene rings is 3. The molecule has 0 fully saturated rings.